The van der Waals surface area contributed by atoms with E-state index in [4.69, 9.17) is 4.42 Å². The molecule has 6 heterocycles. The summed E-state index contributed by atoms with van der Waals surface area (Å²) in [6, 6.07) is 21.2. The molecule has 0 bridgehead atoms. The number of rotatable bonds is 6. The molecule has 0 radical (unpaired) electrons. The fourth-order valence-corrected chi connectivity index (χ4v) is 7.80. The zero-order valence-corrected chi connectivity index (χ0v) is 22.5. The molecule has 0 fully saturated rings. The molecular weight excluding hydrogens is 525 g/mol. The first kappa shape index (κ1) is 22.7. The lowest BCUT2D eigenvalue weighted by Crippen LogP contribution is -1.87. The molecule has 1 aliphatic heterocycles. The minimum atomic E-state index is 0.895. The molecule has 0 amide bonds. The average molecular weight is 544 g/mol. The van der Waals surface area contributed by atoms with Gasteiger partial charge in [-0.15, -0.1) is 45.3 Å². The molecule has 35 heavy (non-hydrogen) atoms. The molecule has 1 aliphatic rings. The quantitative estimate of drug-likeness (QED) is 0.197. The van der Waals surface area contributed by atoms with Gasteiger partial charge in [0.05, 0.1) is 12.1 Å². The van der Waals surface area contributed by atoms with E-state index in [1.165, 1.54) is 25.1 Å². The zero-order valence-electron chi connectivity index (χ0n) is 18.4. The second kappa shape index (κ2) is 10.5. The molecule has 170 valence electrons. The molecule has 5 aromatic rings. The van der Waals surface area contributed by atoms with Crippen molar-refractivity contribution in [3.05, 3.63) is 127 Å². The highest BCUT2D eigenvalue weighted by Gasteiger charge is 2.20. The first-order valence-electron chi connectivity index (χ1n) is 11.0. The van der Waals surface area contributed by atoms with Gasteiger partial charge in [-0.05, 0) is 69.1 Å². The molecular formula is C29H19OS5+. The Morgan fingerprint density at radius 3 is 1.54 bits per heavy atom. The first-order valence-corrected chi connectivity index (χ1v) is 15.3. The van der Waals surface area contributed by atoms with Gasteiger partial charge in [-0.2, -0.15) is 0 Å². The van der Waals surface area contributed by atoms with Crippen LogP contribution in [0.2, 0.25) is 0 Å². The van der Waals surface area contributed by atoms with E-state index in [1.54, 1.807) is 45.3 Å². The largest absolute Gasteiger partial charge is 0.371 e. The minimum Gasteiger partial charge on any atom is -0.205 e. The number of hydrogen-bond acceptors (Lipinski definition) is 5. The average Bonchev–Trinajstić information content (AvgIpc) is 3.72. The van der Waals surface area contributed by atoms with Gasteiger partial charge in [0, 0.05) is 19.6 Å². The molecule has 0 spiro atoms. The van der Waals surface area contributed by atoms with Crippen LogP contribution in [0.1, 0.15) is 15.3 Å². The van der Waals surface area contributed by atoms with E-state index in [0.717, 1.165) is 26.8 Å². The molecule has 6 rings (SSSR count). The topological polar surface area (TPSA) is 11.3 Å². The smallest absolute Gasteiger partial charge is 0.205 e. The third kappa shape index (κ3) is 5.27. The fraction of sp³-hybridized carbons (Fsp3) is 0. The van der Waals surface area contributed by atoms with Crippen molar-refractivity contribution in [1.82, 2.24) is 0 Å². The van der Waals surface area contributed by atoms with Crippen molar-refractivity contribution in [1.29, 1.82) is 0 Å². The van der Waals surface area contributed by atoms with Gasteiger partial charge < -0.3 is 0 Å². The number of hydrogen-bond donors (Lipinski definition) is 0. The van der Waals surface area contributed by atoms with E-state index in [9.17, 15) is 0 Å². The molecule has 0 saturated heterocycles. The van der Waals surface area contributed by atoms with Crippen LogP contribution < -0.4 is 0 Å². The Kier molecular flexibility index (Phi) is 6.80. The monoisotopic (exact) mass is 543 g/mol. The van der Waals surface area contributed by atoms with Crippen molar-refractivity contribution in [2.45, 2.75) is 0 Å². The zero-order chi connectivity index (χ0) is 23.5. The molecule has 5 aromatic heterocycles. The van der Waals surface area contributed by atoms with Gasteiger partial charge in [0.1, 0.15) is 9.75 Å². The van der Waals surface area contributed by atoms with Crippen LogP contribution in [0.15, 0.2) is 116 Å². The lowest BCUT2D eigenvalue weighted by molar-refractivity contribution is 0.584. The molecule has 0 saturated carbocycles. The number of allylic oxidation sites excluding steroid dienone is 5. The van der Waals surface area contributed by atoms with Gasteiger partial charge in [0.25, 0.3) is 0 Å². The normalized spacial score (nSPS) is 13.8. The third-order valence-electron chi connectivity index (χ3n) is 5.26. The summed E-state index contributed by atoms with van der Waals surface area (Å²) in [5.74, 6) is 1.79. The molecule has 6 heteroatoms. The van der Waals surface area contributed by atoms with Gasteiger partial charge in [0.2, 0.25) is 0 Å². The summed E-state index contributed by atoms with van der Waals surface area (Å²) in [4.78, 5) is 7.46. The SMILES string of the molecule is C(/C=C/c1cc(-c2cccs2)[o+]c(-c2cccs2)c1)=C1C=C(c2cccs2)SC(c2cccs2)=C1. The van der Waals surface area contributed by atoms with Gasteiger partial charge in [-0.25, -0.2) is 4.42 Å². The van der Waals surface area contributed by atoms with Crippen LogP contribution in [0, 0.1) is 0 Å². The molecule has 0 unspecified atom stereocenters. The Morgan fingerprint density at radius 2 is 1.09 bits per heavy atom. The van der Waals surface area contributed by atoms with E-state index in [0.29, 0.717) is 0 Å². The maximum atomic E-state index is 6.27. The predicted octanol–water partition coefficient (Wildman–Crippen LogP) is 10.9. The molecule has 0 atom stereocenters. The summed E-state index contributed by atoms with van der Waals surface area (Å²) < 4.78 is 6.27. The molecule has 1 nitrogen and oxygen atoms in total. The summed E-state index contributed by atoms with van der Waals surface area (Å²) in [6.45, 7) is 0. The summed E-state index contributed by atoms with van der Waals surface area (Å²) in [6.07, 6.45) is 11.1. The Hall–Kier alpha value is -2.74. The van der Waals surface area contributed by atoms with Crippen molar-refractivity contribution in [3.8, 4) is 21.3 Å². The number of thiophene rings is 4. The highest BCUT2D eigenvalue weighted by atomic mass is 32.2. The second-order valence-electron chi connectivity index (χ2n) is 7.67. The standard InChI is InChI=1S/C29H19OS5/c1(6-20-16-22(24-8-2-12-31-24)30-23(17-20)25-9-3-13-32-25)7-21-18-28(26-10-4-14-33-26)35-29(19-21)27-11-5-15-34-27/h1-19H/q+1/b6-1+. The van der Waals surface area contributed by atoms with E-state index in [2.05, 4.69) is 113 Å². The second-order valence-corrected chi connectivity index (χ2v) is 12.5. The summed E-state index contributed by atoms with van der Waals surface area (Å²) in [5, 5.41) is 8.44. The molecule has 0 N–H and O–H groups in total. The van der Waals surface area contributed by atoms with Crippen molar-refractivity contribution in [2.75, 3.05) is 0 Å². The van der Waals surface area contributed by atoms with Crippen molar-refractivity contribution in [2.24, 2.45) is 0 Å². The Labute approximate surface area is 224 Å². The van der Waals surface area contributed by atoms with Crippen LogP contribution in [0.3, 0.4) is 0 Å². The summed E-state index contributed by atoms with van der Waals surface area (Å²) in [5.41, 5.74) is 2.32. The van der Waals surface area contributed by atoms with Gasteiger partial charge in [-0.3, -0.25) is 0 Å². The van der Waals surface area contributed by atoms with Crippen LogP contribution >= 0.6 is 57.1 Å². The highest BCUT2D eigenvalue weighted by Crippen LogP contribution is 2.46. The first-order chi connectivity index (χ1) is 17.3. The lowest BCUT2D eigenvalue weighted by atomic mass is 10.1. The van der Waals surface area contributed by atoms with Crippen LogP contribution in [0.5, 0.6) is 0 Å². The lowest BCUT2D eigenvalue weighted by Gasteiger charge is -2.14. The van der Waals surface area contributed by atoms with Crippen LogP contribution in [-0.2, 0) is 0 Å². The van der Waals surface area contributed by atoms with Crippen LogP contribution in [0.25, 0.3) is 37.2 Å². The minimum absolute atomic E-state index is 0.895. The Balaban J connectivity index is 1.35. The van der Waals surface area contributed by atoms with Gasteiger partial charge in [-0.1, -0.05) is 54.3 Å². The van der Waals surface area contributed by atoms with E-state index < -0.39 is 0 Å². The van der Waals surface area contributed by atoms with Crippen molar-refractivity contribution >= 4 is 73.0 Å². The van der Waals surface area contributed by atoms with Gasteiger partial charge >= 0.3 is 11.5 Å². The summed E-state index contributed by atoms with van der Waals surface area (Å²) >= 11 is 8.81. The Bertz CT molecular complexity index is 1420. The maximum Gasteiger partial charge on any atom is 0.371 e. The van der Waals surface area contributed by atoms with Crippen LogP contribution in [-0.4, -0.2) is 0 Å². The highest BCUT2D eigenvalue weighted by molar-refractivity contribution is 8.17. The van der Waals surface area contributed by atoms with Gasteiger partial charge in [0.15, 0.2) is 0 Å². The third-order valence-corrected chi connectivity index (χ3v) is 10.2. The molecule has 0 aromatic carbocycles. The Morgan fingerprint density at radius 1 is 0.600 bits per heavy atom. The number of thioether (sulfide) groups is 1. The maximum absolute atomic E-state index is 6.27. The molecule has 0 aliphatic carbocycles. The van der Waals surface area contributed by atoms with Crippen molar-refractivity contribution in [3.63, 3.8) is 0 Å². The summed E-state index contributed by atoms with van der Waals surface area (Å²) in [7, 11) is 0. The van der Waals surface area contributed by atoms with E-state index >= 15 is 0 Å². The van der Waals surface area contributed by atoms with Crippen LogP contribution in [0.4, 0.5) is 0 Å². The van der Waals surface area contributed by atoms with E-state index in [1.807, 2.05) is 11.8 Å². The van der Waals surface area contributed by atoms with E-state index in [-0.39, 0.29) is 0 Å². The fourth-order valence-electron chi connectivity index (χ4n) is 3.67. The van der Waals surface area contributed by atoms with Crippen molar-refractivity contribution < 1.29 is 4.42 Å². The predicted molar refractivity (Wildman–Crippen MR) is 159 cm³/mol.